The van der Waals surface area contributed by atoms with E-state index in [1.54, 1.807) is 12.1 Å². The van der Waals surface area contributed by atoms with E-state index in [2.05, 4.69) is 18.2 Å². The molecule has 2 aromatic rings. The van der Waals surface area contributed by atoms with E-state index in [-0.39, 0.29) is 23.6 Å². The second-order valence-corrected chi connectivity index (χ2v) is 7.18. The van der Waals surface area contributed by atoms with E-state index in [0.29, 0.717) is 13.0 Å². The highest BCUT2D eigenvalue weighted by atomic mass is 16.6. The number of hydrogen-bond donors (Lipinski definition) is 0. The molecule has 1 atom stereocenters. The molecule has 2 aromatic carbocycles. The lowest BCUT2D eigenvalue weighted by atomic mass is 9.97. The SMILES string of the molecule is CC(C)N(Cc1ccc([N+](=O)[O-])cc1)C(=O)CC1CCc2ccccc21. The normalized spacial score (nSPS) is 15.7. The van der Waals surface area contributed by atoms with Crippen molar-refractivity contribution < 1.29 is 9.72 Å². The van der Waals surface area contributed by atoms with Gasteiger partial charge in [-0.25, -0.2) is 0 Å². The van der Waals surface area contributed by atoms with Crippen LogP contribution in [0.5, 0.6) is 0 Å². The summed E-state index contributed by atoms with van der Waals surface area (Å²) in [6, 6.07) is 14.9. The minimum absolute atomic E-state index is 0.0683. The maximum atomic E-state index is 12.9. The summed E-state index contributed by atoms with van der Waals surface area (Å²) in [6.45, 7) is 4.49. The molecule has 1 unspecified atom stereocenters. The van der Waals surface area contributed by atoms with Crippen molar-refractivity contribution in [2.24, 2.45) is 0 Å². The second kappa shape index (κ2) is 7.68. The third-order valence-corrected chi connectivity index (χ3v) is 5.12. The van der Waals surface area contributed by atoms with Gasteiger partial charge in [-0.1, -0.05) is 36.4 Å². The molecule has 0 bridgehead atoms. The zero-order chi connectivity index (χ0) is 18.7. The summed E-state index contributed by atoms with van der Waals surface area (Å²) in [7, 11) is 0. The monoisotopic (exact) mass is 352 g/mol. The molecule has 0 N–H and O–H groups in total. The molecule has 0 heterocycles. The number of carbonyl (C=O) groups is 1. The molecule has 1 aliphatic rings. The predicted octanol–water partition coefficient (Wildman–Crippen LogP) is 4.45. The summed E-state index contributed by atoms with van der Waals surface area (Å²) in [6.07, 6.45) is 2.58. The van der Waals surface area contributed by atoms with Crippen LogP contribution in [-0.4, -0.2) is 21.8 Å². The van der Waals surface area contributed by atoms with Crippen molar-refractivity contribution >= 4 is 11.6 Å². The third-order valence-electron chi connectivity index (χ3n) is 5.12. The van der Waals surface area contributed by atoms with Crippen LogP contribution in [0.25, 0.3) is 0 Å². The Morgan fingerprint density at radius 1 is 1.19 bits per heavy atom. The number of non-ortho nitro benzene ring substituents is 1. The number of nitrogens with zero attached hydrogens (tertiary/aromatic N) is 2. The highest BCUT2D eigenvalue weighted by Crippen LogP contribution is 2.35. The molecule has 0 saturated carbocycles. The molecule has 136 valence electrons. The first kappa shape index (κ1) is 18.1. The highest BCUT2D eigenvalue weighted by Gasteiger charge is 2.27. The Morgan fingerprint density at radius 2 is 1.88 bits per heavy atom. The van der Waals surface area contributed by atoms with Gasteiger partial charge in [-0.05, 0) is 49.3 Å². The zero-order valence-electron chi connectivity index (χ0n) is 15.2. The van der Waals surface area contributed by atoms with Gasteiger partial charge in [0.05, 0.1) is 4.92 Å². The molecular formula is C21H24N2O3. The van der Waals surface area contributed by atoms with Gasteiger partial charge in [-0.2, -0.15) is 0 Å². The molecule has 5 heteroatoms. The second-order valence-electron chi connectivity index (χ2n) is 7.18. The Labute approximate surface area is 153 Å². The molecule has 1 aliphatic carbocycles. The van der Waals surface area contributed by atoms with E-state index >= 15 is 0 Å². The maximum absolute atomic E-state index is 12.9. The summed E-state index contributed by atoms with van der Waals surface area (Å²) in [4.78, 5) is 25.2. The van der Waals surface area contributed by atoms with Gasteiger partial charge in [0.25, 0.3) is 5.69 Å². The molecule has 3 rings (SSSR count). The molecule has 0 radical (unpaired) electrons. The minimum Gasteiger partial charge on any atom is -0.336 e. The smallest absolute Gasteiger partial charge is 0.269 e. The lowest BCUT2D eigenvalue weighted by Crippen LogP contribution is -2.37. The number of aryl methyl sites for hydroxylation is 1. The van der Waals surface area contributed by atoms with E-state index in [1.807, 2.05) is 24.8 Å². The van der Waals surface area contributed by atoms with Crippen LogP contribution in [0.3, 0.4) is 0 Å². The van der Waals surface area contributed by atoms with Gasteiger partial charge in [-0.3, -0.25) is 14.9 Å². The molecule has 0 spiro atoms. The van der Waals surface area contributed by atoms with Gasteiger partial charge in [-0.15, -0.1) is 0 Å². The van der Waals surface area contributed by atoms with Gasteiger partial charge in [0, 0.05) is 31.1 Å². The van der Waals surface area contributed by atoms with Crippen LogP contribution >= 0.6 is 0 Å². The average molecular weight is 352 g/mol. The number of carbonyl (C=O) groups excluding carboxylic acids is 1. The van der Waals surface area contributed by atoms with E-state index in [4.69, 9.17) is 0 Å². The summed E-state index contributed by atoms with van der Waals surface area (Å²) < 4.78 is 0. The molecule has 5 nitrogen and oxygen atoms in total. The van der Waals surface area contributed by atoms with Gasteiger partial charge in [0.2, 0.25) is 5.91 Å². The van der Waals surface area contributed by atoms with E-state index in [9.17, 15) is 14.9 Å². The Kier molecular flexibility index (Phi) is 5.35. The number of nitro groups is 1. The van der Waals surface area contributed by atoms with Gasteiger partial charge < -0.3 is 4.90 Å². The summed E-state index contributed by atoms with van der Waals surface area (Å²) in [5.74, 6) is 0.428. The van der Waals surface area contributed by atoms with Crippen molar-refractivity contribution in [1.82, 2.24) is 4.90 Å². The lowest BCUT2D eigenvalue weighted by molar-refractivity contribution is -0.384. The molecule has 0 saturated heterocycles. The quantitative estimate of drug-likeness (QED) is 0.570. The first-order valence-electron chi connectivity index (χ1n) is 9.06. The molecule has 26 heavy (non-hydrogen) atoms. The van der Waals surface area contributed by atoms with Crippen molar-refractivity contribution in [3.8, 4) is 0 Å². The predicted molar refractivity (Wildman–Crippen MR) is 101 cm³/mol. The van der Waals surface area contributed by atoms with E-state index < -0.39 is 4.92 Å². The number of nitro benzene ring substituents is 1. The third kappa shape index (κ3) is 3.93. The maximum Gasteiger partial charge on any atom is 0.269 e. The number of fused-ring (bicyclic) bond motifs is 1. The number of benzene rings is 2. The van der Waals surface area contributed by atoms with Crippen molar-refractivity contribution in [2.75, 3.05) is 0 Å². The average Bonchev–Trinajstić information content (AvgIpc) is 3.02. The number of amides is 1. The fourth-order valence-electron chi connectivity index (χ4n) is 3.66. The van der Waals surface area contributed by atoms with Crippen molar-refractivity contribution in [3.05, 3.63) is 75.3 Å². The lowest BCUT2D eigenvalue weighted by Gasteiger charge is -2.28. The summed E-state index contributed by atoms with van der Waals surface area (Å²) in [5, 5.41) is 10.8. The molecule has 0 aliphatic heterocycles. The van der Waals surface area contributed by atoms with E-state index in [0.717, 1.165) is 18.4 Å². The number of hydrogen-bond acceptors (Lipinski definition) is 3. The van der Waals surface area contributed by atoms with Crippen LogP contribution in [0, 0.1) is 10.1 Å². The Balaban J connectivity index is 1.70. The van der Waals surface area contributed by atoms with Crippen LogP contribution in [0.15, 0.2) is 48.5 Å². The number of rotatable bonds is 6. The standard InChI is InChI=1S/C21H24N2O3/c1-15(2)22(14-16-7-11-19(12-8-16)23(25)26)21(24)13-18-10-9-17-5-3-4-6-20(17)18/h3-8,11-12,15,18H,9-10,13-14H2,1-2H3. The van der Waals surface area contributed by atoms with Crippen molar-refractivity contribution in [1.29, 1.82) is 0 Å². The first-order valence-corrected chi connectivity index (χ1v) is 9.06. The topological polar surface area (TPSA) is 63.4 Å². The highest BCUT2D eigenvalue weighted by molar-refractivity contribution is 5.77. The largest absolute Gasteiger partial charge is 0.336 e. The summed E-state index contributed by atoms with van der Waals surface area (Å²) in [5.41, 5.74) is 3.64. The van der Waals surface area contributed by atoms with Crippen LogP contribution in [-0.2, 0) is 17.8 Å². The summed E-state index contributed by atoms with van der Waals surface area (Å²) >= 11 is 0. The van der Waals surface area contributed by atoms with Crippen molar-refractivity contribution in [2.45, 2.75) is 51.6 Å². The molecule has 0 fully saturated rings. The van der Waals surface area contributed by atoms with E-state index in [1.165, 1.54) is 23.3 Å². The molecule has 1 amide bonds. The molecule has 0 aromatic heterocycles. The molecular weight excluding hydrogens is 328 g/mol. The van der Waals surface area contributed by atoms with Crippen molar-refractivity contribution in [3.63, 3.8) is 0 Å². The van der Waals surface area contributed by atoms with Crippen LogP contribution in [0.2, 0.25) is 0 Å². The Hall–Kier alpha value is -2.69. The van der Waals surface area contributed by atoms with Gasteiger partial charge >= 0.3 is 0 Å². The Bertz CT molecular complexity index is 799. The minimum atomic E-state index is -0.410. The van der Waals surface area contributed by atoms with Crippen LogP contribution in [0.1, 0.15) is 49.3 Å². The fourth-order valence-corrected chi connectivity index (χ4v) is 3.66. The van der Waals surface area contributed by atoms with Gasteiger partial charge in [0.15, 0.2) is 0 Å². The van der Waals surface area contributed by atoms with Crippen LogP contribution in [0.4, 0.5) is 5.69 Å². The van der Waals surface area contributed by atoms with Crippen LogP contribution < -0.4 is 0 Å². The van der Waals surface area contributed by atoms with Gasteiger partial charge in [0.1, 0.15) is 0 Å². The first-order chi connectivity index (χ1) is 12.5. The fraction of sp³-hybridized carbons (Fsp3) is 0.381. The Morgan fingerprint density at radius 3 is 2.54 bits per heavy atom. The zero-order valence-corrected chi connectivity index (χ0v) is 15.2.